The molecule has 0 radical (unpaired) electrons. The number of carbonyl (C=O) groups is 2. The predicted molar refractivity (Wildman–Crippen MR) is 94.2 cm³/mol. The number of nitrogens with zero attached hydrogens (tertiary/aromatic N) is 6. The van der Waals surface area contributed by atoms with Crippen LogP contribution < -0.4 is 0 Å². The van der Waals surface area contributed by atoms with Gasteiger partial charge >= 0.3 is 0 Å². The van der Waals surface area contributed by atoms with Crippen molar-refractivity contribution in [3.8, 4) is 11.5 Å². The van der Waals surface area contributed by atoms with Crippen LogP contribution in [0.1, 0.15) is 10.4 Å². The molecule has 2 aromatic heterocycles. The summed E-state index contributed by atoms with van der Waals surface area (Å²) in [5.41, 5.74) is 1.09. The predicted octanol–water partition coefficient (Wildman–Crippen LogP) is 0.137. The van der Waals surface area contributed by atoms with Gasteiger partial charge in [-0.05, 0) is 12.1 Å². The number of amides is 2. The zero-order chi connectivity index (χ0) is 18.1. The number of fused-ring (bicyclic) bond motifs is 1. The van der Waals surface area contributed by atoms with Gasteiger partial charge in [-0.25, -0.2) is 9.97 Å². The van der Waals surface area contributed by atoms with Gasteiger partial charge in [0.25, 0.3) is 5.91 Å². The second-order valence-corrected chi connectivity index (χ2v) is 6.57. The number of carbonyl (C=O) groups excluding carboxylic acids is 2. The molecule has 4 heterocycles. The quantitative estimate of drug-likeness (QED) is 0.764. The van der Waals surface area contributed by atoms with E-state index in [4.69, 9.17) is 0 Å². The highest BCUT2D eigenvalue weighted by atomic mass is 16.2. The number of pyridine rings is 1. The first-order valence-corrected chi connectivity index (χ1v) is 8.65. The van der Waals surface area contributed by atoms with E-state index in [-0.39, 0.29) is 17.9 Å². The zero-order valence-electron chi connectivity index (χ0n) is 14.6. The summed E-state index contributed by atoms with van der Waals surface area (Å²) in [6.07, 6.45) is 4.73. The lowest BCUT2D eigenvalue weighted by Gasteiger charge is -2.45. The SMILES string of the molecule is CN1CCN2CCN(C(=O)c3cnc(-c4ccccn4)nc3)C[C@@H]2C1=O. The van der Waals surface area contributed by atoms with Crippen LogP contribution in [0.5, 0.6) is 0 Å². The molecule has 0 saturated carbocycles. The van der Waals surface area contributed by atoms with Crippen LogP contribution in [0.15, 0.2) is 36.8 Å². The lowest BCUT2D eigenvalue weighted by Crippen LogP contribution is -2.64. The Kier molecular flexibility index (Phi) is 4.34. The van der Waals surface area contributed by atoms with Gasteiger partial charge in [0.2, 0.25) is 5.91 Å². The van der Waals surface area contributed by atoms with Crippen molar-refractivity contribution >= 4 is 11.8 Å². The second kappa shape index (κ2) is 6.80. The van der Waals surface area contributed by atoms with E-state index in [0.29, 0.717) is 36.7 Å². The van der Waals surface area contributed by atoms with E-state index in [2.05, 4.69) is 19.9 Å². The van der Waals surface area contributed by atoms with Crippen LogP contribution in [0.2, 0.25) is 0 Å². The molecule has 2 aromatic rings. The fourth-order valence-corrected chi connectivity index (χ4v) is 3.40. The maximum atomic E-state index is 12.8. The van der Waals surface area contributed by atoms with Gasteiger partial charge < -0.3 is 9.80 Å². The molecular weight excluding hydrogens is 332 g/mol. The van der Waals surface area contributed by atoms with E-state index in [9.17, 15) is 9.59 Å². The van der Waals surface area contributed by atoms with Crippen molar-refractivity contribution in [3.63, 3.8) is 0 Å². The van der Waals surface area contributed by atoms with E-state index in [1.54, 1.807) is 16.0 Å². The van der Waals surface area contributed by atoms with E-state index >= 15 is 0 Å². The number of piperazine rings is 2. The van der Waals surface area contributed by atoms with Crippen LogP contribution in [0, 0.1) is 0 Å². The Morgan fingerprint density at radius 3 is 2.58 bits per heavy atom. The number of rotatable bonds is 2. The molecular formula is C18H20N6O2. The molecule has 2 aliphatic rings. The Bertz CT molecular complexity index is 810. The summed E-state index contributed by atoms with van der Waals surface area (Å²) >= 11 is 0. The summed E-state index contributed by atoms with van der Waals surface area (Å²) in [5, 5.41) is 0. The molecule has 4 rings (SSSR count). The van der Waals surface area contributed by atoms with Gasteiger partial charge in [0.15, 0.2) is 5.82 Å². The Balaban J connectivity index is 1.48. The second-order valence-electron chi connectivity index (χ2n) is 6.57. The van der Waals surface area contributed by atoms with Gasteiger partial charge in [-0.1, -0.05) is 6.07 Å². The smallest absolute Gasteiger partial charge is 0.257 e. The van der Waals surface area contributed by atoms with Crippen LogP contribution in [0.25, 0.3) is 11.5 Å². The fraction of sp³-hybridized carbons (Fsp3) is 0.389. The zero-order valence-corrected chi connectivity index (χ0v) is 14.6. The highest BCUT2D eigenvalue weighted by molar-refractivity contribution is 5.94. The maximum absolute atomic E-state index is 12.8. The Morgan fingerprint density at radius 1 is 1.08 bits per heavy atom. The average molecular weight is 352 g/mol. The summed E-state index contributed by atoms with van der Waals surface area (Å²) in [4.78, 5) is 43.5. The molecule has 8 heteroatoms. The van der Waals surface area contributed by atoms with Crippen LogP contribution in [0.3, 0.4) is 0 Å². The Hall–Kier alpha value is -2.87. The number of hydrogen-bond acceptors (Lipinski definition) is 6. The van der Waals surface area contributed by atoms with Crippen molar-refractivity contribution in [2.24, 2.45) is 0 Å². The summed E-state index contributed by atoms with van der Waals surface area (Å²) < 4.78 is 0. The van der Waals surface area contributed by atoms with E-state index in [1.165, 1.54) is 12.4 Å². The lowest BCUT2D eigenvalue weighted by molar-refractivity contribution is -0.142. The monoisotopic (exact) mass is 352 g/mol. The van der Waals surface area contributed by atoms with E-state index in [0.717, 1.165) is 13.1 Å². The summed E-state index contributed by atoms with van der Waals surface area (Å²) in [7, 11) is 1.81. The number of aromatic nitrogens is 3. The molecule has 0 unspecified atom stereocenters. The standard InChI is InChI=1S/C18H20N6O2/c1-22-6-7-23-8-9-24(12-15(23)18(22)26)17(25)13-10-20-16(21-11-13)14-4-2-3-5-19-14/h2-5,10-11,15H,6-9,12H2,1H3/t15-/m1/s1. The Morgan fingerprint density at radius 2 is 1.85 bits per heavy atom. The topological polar surface area (TPSA) is 82.5 Å². The van der Waals surface area contributed by atoms with Gasteiger partial charge in [-0.15, -0.1) is 0 Å². The highest BCUT2D eigenvalue weighted by Crippen LogP contribution is 2.18. The van der Waals surface area contributed by atoms with Crippen LogP contribution in [0.4, 0.5) is 0 Å². The van der Waals surface area contributed by atoms with Crippen molar-refractivity contribution in [2.45, 2.75) is 6.04 Å². The van der Waals surface area contributed by atoms with Crippen molar-refractivity contribution in [1.29, 1.82) is 0 Å². The summed E-state index contributed by atoms with van der Waals surface area (Å²) in [6.45, 7) is 3.32. The molecule has 134 valence electrons. The third-order valence-corrected chi connectivity index (χ3v) is 4.96. The molecule has 0 aromatic carbocycles. The van der Waals surface area contributed by atoms with Crippen LogP contribution in [-0.2, 0) is 4.79 Å². The third-order valence-electron chi connectivity index (χ3n) is 4.96. The highest BCUT2D eigenvalue weighted by Gasteiger charge is 2.38. The van der Waals surface area contributed by atoms with Crippen molar-refractivity contribution in [3.05, 3.63) is 42.4 Å². The minimum Gasteiger partial charge on any atom is -0.343 e. The normalized spacial score (nSPS) is 20.8. The molecule has 2 fully saturated rings. The minimum atomic E-state index is -0.250. The first-order valence-electron chi connectivity index (χ1n) is 8.65. The first-order chi connectivity index (χ1) is 12.6. The molecule has 0 spiro atoms. The van der Waals surface area contributed by atoms with Crippen LogP contribution >= 0.6 is 0 Å². The van der Waals surface area contributed by atoms with Gasteiger partial charge in [-0.2, -0.15) is 0 Å². The van der Waals surface area contributed by atoms with E-state index < -0.39 is 0 Å². The first kappa shape index (κ1) is 16.6. The largest absolute Gasteiger partial charge is 0.343 e. The van der Waals surface area contributed by atoms with Crippen molar-refractivity contribution in [2.75, 3.05) is 39.8 Å². The average Bonchev–Trinajstić information content (AvgIpc) is 2.71. The summed E-state index contributed by atoms with van der Waals surface area (Å²) in [6, 6.07) is 5.26. The molecule has 0 aliphatic carbocycles. The molecule has 2 aliphatic heterocycles. The van der Waals surface area contributed by atoms with Crippen LogP contribution in [-0.4, -0.2) is 87.3 Å². The maximum Gasteiger partial charge on any atom is 0.257 e. The van der Waals surface area contributed by atoms with Gasteiger partial charge in [0.05, 0.1) is 5.56 Å². The van der Waals surface area contributed by atoms with E-state index in [1.807, 2.05) is 25.2 Å². The molecule has 0 bridgehead atoms. The third kappa shape index (κ3) is 3.03. The number of hydrogen-bond donors (Lipinski definition) is 0. The van der Waals surface area contributed by atoms with Gasteiger partial charge in [-0.3, -0.25) is 19.5 Å². The fourth-order valence-electron chi connectivity index (χ4n) is 3.40. The minimum absolute atomic E-state index is 0.0792. The summed E-state index contributed by atoms with van der Waals surface area (Å²) in [5.74, 6) is 0.421. The number of likely N-dealkylation sites (N-methyl/N-ethyl adjacent to an activating group) is 1. The van der Waals surface area contributed by atoms with Crippen molar-refractivity contribution < 1.29 is 9.59 Å². The molecule has 1 atom stereocenters. The van der Waals surface area contributed by atoms with Gasteiger partial charge in [0.1, 0.15) is 11.7 Å². The van der Waals surface area contributed by atoms with Crippen molar-refractivity contribution in [1.82, 2.24) is 29.7 Å². The molecule has 2 saturated heterocycles. The van der Waals surface area contributed by atoms with Gasteiger partial charge in [0, 0.05) is 58.4 Å². The molecule has 2 amide bonds. The lowest BCUT2D eigenvalue weighted by atomic mass is 10.1. The Labute approximate surface area is 151 Å². The molecule has 8 nitrogen and oxygen atoms in total. The molecule has 0 N–H and O–H groups in total. The molecule has 26 heavy (non-hydrogen) atoms.